The molecule has 1 aromatic carbocycles. The van der Waals surface area contributed by atoms with Gasteiger partial charge in [-0.2, -0.15) is 0 Å². The molecule has 23 heavy (non-hydrogen) atoms. The number of hydrogen-bond donors (Lipinski definition) is 1. The number of amides is 2. The van der Waals surface area contributed by atoms with Gasteiger partial charge in [-0.25, -0.2) is 0 Å². The summed E-state index contributed by atoms with van der Waals surface area (Å²) < 4.78 is 6.00. The Morgan fingerprint density at radius 3 is 2.83 bits per heavy atom. The van der Waals surface area contributed by atoms with Crippen molar-refractivity contribution in [3.63, 3.8) is 0 Å². The van der Waals surface area contributed by atoms with E-state index in [0.29, 0.717) is 26.0 Å². The molecule has 0 radical (unpaired) electrons. The van der Waals surface area contributed by atoms with Gasteiger partial charge in [0.25, 0.3) is 0 Å². The van der Waals surface area contributed by atoms with Crippen molar-refractivity contribution in [3.8, 4) is 0 Å². The topological polar surface area (TPSA) is 58.6 Å². The summed E-state index contributed by atoms with van der Waals surface area (Å²) in [7, 11) is 0. The number of nitrogens with zero attached hydrogens (tertiary/aromatic N) is 1. The molecule has 3 rings (SSSR count). The lowest BCUT2D eigenvalue weighted by Gasteiger charge is -2.39. The highest BCUT2D eigenvalue weighted by atomic mass is 16.5. The molecule has 0 saturated carbocycles. The second kappa shape index (κ2) is 6.32. The number of hydrogen-bond acceptors (Lipinski definition) is 3. The molecule has 0 spiro atoms. The zero-order valence-electron chi connectivity index (χ0n) is 14.0. The molecule has 2 aliphatic rings. The lowest BCUT2D eigenvalue weighted by Crippen LogP contribution is -2.53. The monoisotopic (exact) mass is 316 g/mol. The molecule has 0 bridgehead atoms. The minimum atomic E-state index is -0.373. The highest BCUT2D eigenvalue weighted by Crippen LogP contribution is 2.29. The van der Waals surface area contributed by atoms with Crippen LogP contribution in [0, 0.1) is 13.8 Å². The maximum atomic E-state index is 12.7. The minimum absolute atomic E-state index is 0.0157. The molecule has 5 heteroatoms. The Hall–Kier alpha value is -1.88. The van der Waals surface area contributed by atoms with Crippen molar-refractivity contribution in [2.24, 2.45) is 0 Å². The number of rotatable bonds is 2. The van der Waals surface area contributed by atoms with Gasteiger partial charge in [0.05, 0.1) is 19.2 Å². The van der Waals surface area contributed by atoms with Crippen molar-refractivity contribution < 1.29 is 14.3 Å². The Bertz CT molecular complexity index is 629. The van der Waals surface area contributed by atoms with Gasteiger partial charge in [-0.05, 0) is 38.3 Å². The number of aryl methyl sites for hydroxylation is 2. The lowest BCUT2D eigenvalue weighted by atomic mass is 9.98. The third-order valence-electron chi connectivity index (χ3n) is 4.79. The van der Waals surface area contributed by atoms with Gasteiger partial charge in [0.2, 0.25) is 11.8 Å². The summed E-state index contributed by atoms with van der Waals surface area (Å²) in [6.45, 7) is 7.18. The van der Waals surface area contributed by atoms with E-state index in [1.54, 1.807) is 0 Å². The fourth-order valence-corrected chi connectivity index (χ4v) is 3.36. The van der Waals surface area contributed by atoms with Gasteiger partial charge >= 0.3 is 0 Å². The maximum absolute atomic E-state index is 12.7. The van der Waals surface area contributed by atoms with Gasteiger partial charge in [-0.15, -0.1) is 0 Å². The molecule has 1 aromatic rings. The van der Waals surface area contributed by atoms with E-state index in [0.717, 1.165) is 5.56 Å². The van der Waals surface area contributed by atoms with Crippen molar-refractivity contribution in [2.45, 2.75) is 51.8 Å². The first-order chi connectivity index (χ1) is 11.0. The molecule has 2 fully saturated rings. The van der Waals surface area contributed by atoms with E-state index in [1.165, 1.54) is 11.1 Å². The van der Waals surface area contributed by atoms with E-state index in [4.69, 9.17) is 4.74 Å². The predicted molar refractivity (Wildman–Crippen MR) is 86.9 cm³/mol. The first kappa shape index (κ1) is 16.0. The van der Waals surface area contributed by atoms with Crippen molar-refractivity contribution in [3.05, 3.63) is 34.9 Å². The molecule has 0 unspecified atom stereocenters. The Kier molecular flexibility index (Phi) is 4.39. The van der Waals surface area contributed by atoms with Gasteiger partial charge in [0, 0.05) is 6.42 Å². The van der Waals surface area contributed by atoms with Crippen LogP contribution in [0.4, 0.5) is 0 Å². The van der Waals surface area contributed by atoms with Gasteiger partial charge in [-0.3, -0.25) is 9.59 Å². The van der Waals surface area contributed by atoms with E-state index >= 15 is 0 Å². The fourth-order valence-electron chi connectivity index (χ4n) is 3.36. The Labute approximate surface area is 137 Å². The normalized spacial score (nSPS) is 27.9. The van der Waals surface area contributed by atoms with E-state index in [2.05, 4.69) is 37.4 Å². The minimum Gasteiger partial charge on any atom is -0.370 e. The Morgan fingerprint density at radius 1 is 1.35 bits per heavy atom. The van der Waals surface area contributed by atoms with Crippen LogP contribution in [0.15, 0.2) is 18.2 Å². The lowest BCUT2D eigenvalue weighted by molar-refractivity contribution is -0.147. The average molecular weight is 316 g/mol. The molecule has 2 aliphatic heterocycles. The molecule has 5 nitrogen and oxygen atoms in total. The van der Waals surface area contributed by atoms with Crippen molar-refractivity contribution in [2.75, 3.05) is 13.2 Å². The zero-order valence-corrected chi connectivity index (χ0v) is 14.0. The molecule has 124 valence electrons. The summed E-state index contributed by atoms with van der Waals surface area (Å²) >= 11 is 0. The summed E-state index contributed by atoms with van der Waals surface area (Å²) in [5, 5.41) is 2.78. The van der Waals surface area contributed by atoms with Crippen LogP contribution in [0.1, 0.15) is 42.6 Å². The second-order valence-electron chi connectivity index (χ2n) is 6.68. The van der Waals surface area contributed by atoms with Gasteiger partial charge in [0.15, 0.2) is 0 Å². The van der Waals surface area contributed by atoms with Gasteiger partial charge < -0.3 is 15.0 Å². The van der Waals surface area contributed by atoms with E-state index in [1.807, 2.05) is 11.8 Å². The predicted octanol–water partition coefficient (Wildman–Crippen LogP) is 1.87. The average Bonchev–Trinajstić information content (AvgIpc) is 2.96. The van der Waals surface area contributed by atoms with Crippen LogP contribution < -0.4 is 5.32 Å². The van der Waals surface area contributed by atoms with E-state index in [-0.39, 0.29) is 30.0 Å². The molecular formula is C18H24N2O3. The van der Waals surface area contributed by atoms with Crippen LogP contribution >= 0.6 is 0 Å². The highest BCUT2D eigenvalue weighted by molar-refractivity contribution is 5.91. The van der Waals surface area contributed by atoms with Crippen molar-refractivity contribution in [1.29, 1.82) is 0 Å². The van der Waals surface area contributed by atoms with Crippen molar-refractivity contribution >= 4 is 11.8 Å². The van der Waals surface area contributed by atoms with Crippen LogP contribution in [-0.4, -0.2) is 41.9 Å². The van der Waals surface area contributed by atoms with Crippen LogP contribution in [0.3, 0.4) is 0 Å². The maximum Gasteiger partial charge on any atom is 0.245 e. The summed E-state index contributed by atoms with van der Waals surface area (Å²) in [5.74, 6) is -0.0164. The van der Waals surface area contributed by atoms with E-state index in [9.17, 15) is 9.59 Å². The Morgan fingerprint density at radius 2 is 2.13 bits per heavy atom. The van der Waals surface area contributed by atoms with Crippen LogP contribution in [0.2, 0.25) is 0 Å². The molecule has 0 aliphatic carbocycles. The Balaban J connectivity index is 1.77. The number of carbonyl (C=O) groups is 2. The molecule has 1 N–H and O–H groups in total. The first-order valence-electron chi connectivity index (χ1n) is 8.24. The first-order valence-corrected chi connectivity index (χ1v) is 8.24. The molecule has 3 atom stereocenters. The number of morpholine rings is 1. The van der Waals surface area contributed by atoms with Crippen LogP contribution in [0.5, 0.6) is 0 Å². The standard InChI is InChI=1S/C18H24N2O3/c1-11-4-5-12(2)14(8-11)16-9-20(13(3)10-23-16)18(22)15-6-7-17(21)19-15/h4-5,8,13,15-16H,6-7,9-10H2,1-3H3,(H,19,21)/t13-,15+,16-/m0/s1. The quantitative estimate of drug-likeness (QED) is 0.906. The number of benzene rings is 1. The summed E-state index contributed by atoms with van der Waals surface area (Å²) in [6, 6.07) is 5.97. The van der Waals surface area contributed by atoms with Gasteiger partial charge in [0.1, 0.15) is 12.1 Å². The number of carbonyl (C=O) groups excluding carboxylic acids is 2. The fraction of sp³-hybridized carbons (Fsp3) is 0.556. The third kappa shape index (κ3) is 3.24. The summed E-state index contributed by atoms with van der Waals surface area (Å²) in [4.78, 5) is 26.0. The molecule has 0 aromatic heterocycles. The number of ether oxygens (including phenoxy) is 1. The third-order valence-corrected chi connectivity index (χ3v) is 4.79. The van der Waals surface area contributed by atoms with Gasteiger partial charge in [-0.1, -0.05) is 23.8 Å². The summed E-state index contributed by atoms with van der Waals surface area (Å²) in [5.41, 5.74) is 3.51. The molecule has 2 heterocycles. The van der Waals surface area contributed by atoms with E-state index < -0.39 is 0 Å². The SMILES string of the molecule is Cc1ccc(C)c([C@@H]2CN(C(=O)[C@H]3CCC(=O)N3)[C@@H](C)CO2)c1. The van der Waals surface area contributed by atoms with Crippen LogP contribution in [-0.2, 0) is 14.3 Å². The molecule has 2 saturated heterocycles. The highest BCUT2D eigenvalue weighted by Gasteiger charge is 2.37. The largest absolute Gasteiger partial charge is 0.370 e. The van der Waals surface area contributed by atoms with Crippen molar-refractivity contribution in [1.82, 2.24) is 10.2 Å². The van der Waals surface area contributed by atoms with Crippen LogP contribution in [0.25, 0.3) is 0 Å². The second-order valence-corrected chi connectivity index (χ2v) is 6.68. The zero-order chi connectivity index (χ0) is 16.6. The smallest absolute Gasteiger partial charge is 0.245 e. The molecule has 2 amide bonds. The molecular weight excluding hydrogens is 292 g/mol. The summed E-state index contributed by atoms with van der Waals surface area (Å²) in [6.07, 6.45) is 0.929. The number of nitrogens with one attached hydrogen (secondary N) is 1.